The van der Waals surface area contributed by atoms with Crippen LogP contribution in [0.2, 0.25) is 0 Å². The molecule has 0 amide bonds. The molecule has 0 aliphatic heterocycles. The van der Waals surface area contributed by atoms with Crippen molar-refractivity contribution in [3.05, 3.63) is 48.0 Å². The van der Waals surface area contributed by atoms with Crippen molar-refractivity contribution >= 4 is 0 Å². The van der Waals surface area contributed by atoms with Gasteiger partial charge in [0.15, 0.2) is 6.10 Å². The lowest BCUT2D eigenvalue weighted by molar-refractivity contribution is 0.224. The van der Waals surface area contributed by atoms with Gasteiger partial charge in [-0.1, -0.05) is 18.2 Å². The lowest BCUT2D eigenvalue weighted by Crippen LogP contribution is -2.03. The molecule has 2 aromatic rings. The number of aliphatic hydroxyl groups is 1. The lowest BCUT2D eigenvalue weighted by atomic mass is 10.1. The number of hydrogen-bond donors (Lipinski definition) is 1. The monoisotopic (exact) mass is 314 g/mol. The molecule has 0 fully saturated rings. The third-order valence-corrected chi connectivity index (χ3v) is 3.13. The Morgan fingerprint density at radius 3 is 2.00 bits per heavy atom. The molecule has 5 heteroatoms. The summed E-state index contributed by atoms with van der Waals surface area (Å²) in [6.45, 7) is 0. The van der Waals surface area contributed by atoms with Gasteiger partial charge in [-0.15, -0.1) is 0 Å². The minimum absolute atomic E-state index is 0.417. The molecule has 0 bridgehead atoms. The van der Waals surface area contributed by atoms with Crippen molar-refractivity contribution in [3.8, 4) is 35.0 Å². The molecular formula is C18H18O5. The average Bonchev–Trinajstić information content (AvgIpc) is 2.61. The second-order valence-corrected chi connectivity index (χ2v) is 4.51. The van der Waals surface area contributed by atoms with Crippen LogP contribution in [-0.4, -0.2) is 26.4 Å². The number of methoxy groups -OCH3 is 3. The van der Waals surface area contributed by atoms with E-state index in [4.69, 9.17) is 18.9 Å². The minimum Gasteiger partial charge on any atom is -0.496 e. The van der Waals surface area contributed by atoms with Crippen molar-refractivity contribution < 1.29 is 24.1 Å². The first-order chi connectivity index (χ1) is 11.2. The SMILES string of the molecule is COc1cc(OC)c(C(O)C#COc2ccccc2)c(OC)c1. The Bertz CT molecular complexity index is 675. The van der Waals surface area contributed by atoms with Gasteiger partial charge in [0.2, 0.25) is 0 Å². The highest BCUT2D eigenvalue weighted by atomic mass is 16.5. The van der Waals surface area contributed by atoms with Crippen LogP contribution in [0, 0.1) is 12.0 Å². The summed E-state index contributed by atoms with van der Waals surface area (Å²) in [5, 5.41) is 10.3. The van der Waals surface area contributed by atoms with Crippen molar-refractivity contribution in [3.63, 3.8) is 0 Å². The molecule has 1 atom stereocenters. The van der Waals surface area contributed by atoms with Crippen molar-refractivity contribution in [2.75, 3.05) is 21.3 Å². The Balaban J connectivity index is 2.26. The highest BCUT2D eigenvalue weighted by Crippen LogP contribution is 2.38. The minimum atomic E-state index is -1.13. The van der Waals surface area contributed by atoms with E-state index in [-0.39, 0.29) is 0 Å². The van der Waals surface area contributed by atoms with Gasteiger partial charge < -0.3 is 24.1 Å². The smallest absolute Gasteiger partial charge is 0.150 e. The molecule has 0 aliphatic rings. The quantitative estimate of drug-likeness (QED) is 0.860. The van der Waals surface area contributed by atoms with Crippen LogP contribution in [-0.2, 0) is 0 Å². The van der Waals surface area contributed by atoms with Crippen molar-refractivity contribution in [1.29, 1.82) is 0 Å². The molecular weight excluding hydrogens is 296 g/mol. The molecule has 23 heavy (non-hydrogen) atoms. The van der Waals surface area contributed by atoms with E-state index in [0.717, 1.165) is 0 Å². The maximum atomic E-state index is 10.3. The molecule has 120 valence electrons. The van der Waals surface area contributed by atoms with Gasteiger partial charge in [0.05, 0.1) is 26.9 Å². The first-order valence-electron chi connectivity index (χ1n) is 6.90. The third kappa shape index (κ3) is 4.09. The molecule has 5 nitrogen and oxygen atoms in total. The van der Waals surface area contributed by atoms with Crippen LogP contribution in [0.25, 0.3) is 0 Å². The molecule has 0 saturated heterocycles. The molecule has 0 aromatic heterocycles. The Labute approximate surface area is 135 Å². The van der Waals surface area contributed by atoms with Crippen LogP contribution in [0.5, 0.6) is 23.0 Å². The summed E-state index contributed by atoms with van der Waals surface area (Å²) in [7, 11) is 4.54. The maximum absolute atomic E-state index is 10.3. The summed E-state index contributed by atoms with van der Waals surface area (Å²) >= 11 is 0. The van der Waals surface area contributed by atoms with Crippen LogP contribution in [0.15, 0.2) is 42.5 Å². The molecule has 0 saturated carbocycles. The zero-order chi connectivity index (χ0) is 16.7. The summed E-state index contributed by atoms with van der Waals surface area (Å²) in [5.74, 6) is 4.61. The molecule has 2 aromatic carbocycles. The number of rotatable bonds is 5. The van der Waals surface area contributed by atoms with Gasteiger partial charge in [-0.3, -0.25) is 0 Å². The molecule has 0 heterocycles. The predicted molar refractivity (Wildman–Crippen MR) is 85.9 cm³/mol. The maximum Gasteiger partial charge on any atom is 0.150 e. The number of aliphatic hydroxyl groups excluding tert-OH is 1. The fourth-order valence-electron chi connectivity index (χ4n) is 2.01. The van der Waals surface area contributed by atoms with Gasteiger partial charge in [0.1, 0.15) is 29.1 Å². The highest BCUT2D eigenvalue weighted by molar-refractivity contribution is 5.53. The summed E-state index contributed by atoms with van der Waals surface area (Å²) < 4.78 is 21.0. The zero-order valence-electron chi connectivity index (χ0n) is 13.2. The fourth-order valence-corrected chi connectivity index (χ4v) is 2.01. The average molecular weight is 314 g/mol. The standard InChI is InChI=1S/C18H18O5/c1-20-14-11-16(21-2)18(17(12-14)22-3)15(19)9-10-23-13-7-5-4-6-8-13/h4-8,11-12,15,19H,1-3H3. The number of ether oxygens (including phenoxy) is 4. The van der Waals surface area contributed by atoms with E-state index in [9.17, 15) is 5.11 Å². The van der Waals surface area contributed by atoms with E-state index in [2.05, 4.69) is 12.0 Å². The van der Waals surface area contributed by atoms with E-state index in [1.54, 1.807) is 24.3 Å². The second kappa shape index (κ2) is 7.97. The molecule has 0 aliphatic carbocycles. The molecule has 0 spiro atoms. The Morgan fingerprint density at radius 2 is 1.48 bits per heavy atom. The largest absolute Gasteiger partial charge is 0.496 e. The van der Waals surface area contributed by atoms with Crippen molar-refractivity contribution in [2.24, 2.45) is 0 Å². The van der Waals surface area contributed by atoms with Gasteiger partial charge in [0.25, 0.3) is 0 Å². The normalized spacial score (nSPS) is 11.0. The first kappa shape index (κ1) is 16.5. The number of para-hydroxylation sites is 1. The van der Waals surface area contributed by atoms with E-state index >= 15 is 0 Å². The topological polar surface area (TPSA) is 57.2 Å². The van der Waals surface area contributed by atoms with Crippen molar-refractivity contribution in [2.45, 2.75) is 6.10 Å². The Morgan fingerprint density at radius 1 is 0.870 bits per heavy atom. The Hall–Kier alpha value is -2.84. The van der Waals surface area contributed by atoms with E-state index in [1.165, 1.54) is 21.3 Å². The van der Waals surface area contributed by atoms with E-state index in [0.29, 0.717) is 28.6 Å². The van der Waals surface area contributed by atoms with Gasteiger partial charge in [-0.2, -0.15) is 0 Å². The predicted octanol–water partition coefficient (Wildman–Crippen LogP) is 2.79. The summed E-state index contributed by atoms with van der Waals surface area (Å²) in [5.41, 5.74) is 0.417. The number of benzene rings is 2. The van der Waals surface area contributed by atoms with Gasteiger partial charge >= 0.3 is 0 Å². The van der Waals surface area contributed by atoms with Crippen LogP contribution in [0.1, 0.15) is 11.7 Å². The molecule has 1 unspecified atom stereocenters. The molecule has 2 rings (SSSR count). The van der Waals surface area contributed by atoms with E-state index < -0.39 is 6.10 Å². The van der Waals surface area contributed by atoms with Crippen LogP contribution in [0.4, 0.5) is 0 Å². The molecule has 0 radical (unpaired) electrons. The van der Waals surface area contributed by atoms with Gasteiger partial charge in [0, 0.05) is 12.1 Å². The van der Waals surface area contributed by atoms with Gasteiger partial charge in [-0.05, 0) is 18.1 Å². The Kier molecular flexibility index (Phi) is 5.73. The van der Waals surface area contributed by atoms with E-state index in [1.807, 2.05) is 18.2 Å². The van der Waals surface area contributed by atoms with Crippen LogP contribution >= 0.6 is 0 Å². The highest BCUT2D eigenvalue weighted by Gasteiger charge is 2.19. The second-order valence-electron chi connectivity index (χ2n) is 4.51. The molecule has 1 N–H and O–H groups in total. The van der Waals surface area contributed by atoms with Gasteiger partial charge in [-0.25, -0.2) is 0 Å². The number of hydrogen-bond acceptors (Lipinski definition) is 5. The first-order valence-corrected chi connectivity index (χ1v) is 6.90. The van der Waals surface area contributed by atoms with Crippen LogP contribution < -0.4 is 18.9 Å². The third-order valence-electron chi connectivity index (χ3n) is 3.13. The summed E-state index contributed by atoms with van der Waals surface area (Å²) in [6.07, 6.45) is 1.36. The van der Waals surface area contributed by atoms with Crippen LogP contribution in [0.3, 0.4) is 0 Å². The summed E-state index contributed by atoms with van der Waals surface area (Å²) in [4.78, 5) is 0. The zero-order valence-corrected chi connectivity index (χ0v) is 13.2. The lowest BCUT2D eigenvalue weighted by Gasteiger charge is -2.16. The summed E-state index contributed by atoms with van der Waals surface area (Å²) in [6, 6.07) is 12.4. The fraction of sp³-hybridized carbons (Fsp3) is 0.222. The van der Waals surface area contributed by atoms with Crippen molar-refractivity contribution in [1.82, 2.24) is 0 Å².